The largest absolute Gasteiger partial charge is 0.493 e. The molecule has 0 bridgehead atoms. The lowest BCUT2D eigenvalue weighted by Gasteiger charge is -2.33. The average molecular weight is 427 g/mol. The van der Waals surface area contributed by atoms with Crippen LogP contribution in [-0.4, -0.2) is 29.4 Å². The van der Waals surface area contributed by atoms with E-state index in [1.165, 1.54) is 4.90 Å². The van der Waals surface area contributed by atoms with Crippen LogP contribution in [0.1, 0.15) is 27.9 Å². The van der Waals surface area contributed by atoms with E-state index in [1.807, 2.05) is 36.4 Å². The first kappa shape index (κ1) is 19.8. The van der Waals surface area contributed by atoms with Crippen molar-refractivity contribution in [1.29, 1.82) is 0 Å². The van der Waals surface area contributed by atoms with Crippen LogP contribution in [0.4, 0.5) is 10.5 Å². The highest BCUT2D eigenvalue weighted by molar-refractivity contribution is 6.08. The standard InChI is InChI=1S/C25H21N3O4/c29-22(26-19-9-2-1-3-10-19)18-8-6-7-17(15-18)16-28-23(30)25(27-24(28)31)13-14-32-21-12-5-4-11-20(21)25/h1-12,15H,13-14,16H2,(H,26,29)(H,27,31)/t25-/m0/s1. The summed E-state index contributed by atoms with van der Waals surface area (Å²) in [6.07, 6.45) is 0.366. The highest BCUT2D eigenvalue weighted by Crippen LogP contribution is 2.41. The van der Waals surface area contributed by atoms with Crippen molar-refractivity contribution in [2.45, 2.75) is 18.5 Å². The second kappa shape index (κ2) is 7.85. The number of para-hydroxylation sites is 2. The topological polar surface area (TPSA) is 87.7 Å². The van der Waals surface area contributed by atoms with Crippen LogP contribution in [0.3, 0.4) is 0 Å². The summed E-state index contributed by atoms with van der Waals surface area (Å²) in [5, 5.41) is 5.74. The molecule has 0 saturated carbocycles. The number of carbonyl (C=O) groups is 3. The van der Waals surface area contributed by atoms with Gasteiger partial charge in [-0.3, -0.25) is 14.5 Å². The Bertz CT molecular complexity index is 1210. The van der Waals surface area contributed by atoms with E-state index >= 15 is 0 Å². The Morgan fingerprint density at radius 1 is 1.00 bits per heavy atom. The lowest BCUT2D eigenvalue weighted by atomic mass is 9.84. The van der Waals surface area contributed by atoms with Gasteiger partial charge >= 0.3 is 6.03 Å². The molecule has 2 aliphatic rings. The molecule has 160 valence electrons. The molecule has 0 aliphatic carbocycles. The van der Waals surface area contributed by atoms with Crippen molar-refractivity contribution in [3.8, 4) is 5.75 Å². The Labute approximate surface area is 185 Å². The third kappa shape index (κ3) is 3.37. The molecule has 0 aromatic heterocycles. The molecule has 5 rings (SSSR count). The van der Waals surface area contributed by atoms with E-state index in [9.17, 15) is 14.4 Å². The maximum absolute atomic E-state index is 13.4. The van der Waals surface area contributed by atoms with Crippen LogP contribution in [0.2, 0.25) is 0 Å². The van der Waals surface area contributed by atoms with Gasteiger partial charge in [-0.1, -0.05) is 48.5 Å². The second-order valence-corrected chi connectivity index (χ2v) is 7.84. The molecule has 1 fully saturated rings. The van der Waals surface area contributed by atoms with Gasteiger partial charge in [0.05, 0.1) is 13.2 Å². The molecule has 4 amide bonds. The fourth-order valence-electron chi connectivity index (χ4n) is 4.23. The third-order valence-corrected chi connectivity index (χ3v) is 5.82. The molecule has 32 heavy (non-hydrogen) atoms. The highest BCUT2D eigenvalue weighted by Gasteiger charge is 2.54. The third-order valence-electron chi connectivity index (χ3n) is 5.82. The number of imide groups is 1. The van der Waals surface area contributed by atoms with Crippen molar-refractivity contribution < 1.29 is 19.1 Å². The number of ether oxygens (including phenoxy) is 1. The maximum atomic E-state index is 13.4. The predicted octanol–water partition coefficient (Wildman–Crippen LogP) is 3.67. The minimum atomic E-state index is -1.12. The number of nitrogens with one attached hydrogen (secondary N) is 2. The zero-order valence-corrected chi connectivity index (χ0v) is 17.2. The lowest BCUT2D eigenvalue weighted by Crippen LogP contribution is -2.47. The van der Waals surface area contributed by atoms with Gasteiger partial charge < -0.3 is 15.4 Å². The maximum Gasteiger partial charge on any atom is 0.325 e. The summed E-state index contributed by atoms with van der Waals surface area (Å²) in [5.41, 5.74) is 1.38. The molecular formula is C25H21N3O4. The Morgan fingerprint density at radius 3 is 2.62 bits per heavy atom. The van der Waals surface area contributed by atoms with Gasteiger partial charge in [0.15, 0.2) is 5.54 Å². The van der Waals surface area contributed by atoms with E-state index in [2.05, 4.69) is 10.6 Å². The quantitative estimate of drug-likeness (QED) is 0.622. The summed E-state index contributed by atoms with van der Waals surface area (Å²) >= 11 is 0. The van der Waals surface area contributed by atoms with Gasteiger partial charge in [0.25, 0.3) is 11.8 Å². The van der Waals surface area contributed by atoms with Gasteiger partial charge in [-0.25, -0.2) is 4.79 Å². The molecular weight excluding hydrogens is 406 g/mol. The van der Waals surface area contributed by atoms with Gasteiger partial charge in [-0.15, -0.1) is 0 Å². The first-order valence-electron chi connectivity index (χ1n) is 10.4. The zero-order valence-electron chi connectivity index (χ0n) is 17.2. The van der Waals surface area contributed by atoms with E-state index < -0.39 is 11.6 Å². The molecule has 7 nitrogen and oxygen atoms in total. The fourth-order valence-corrected chi connectivity index (χ4v) is 4.23. The van der Waals surface area contributed by atoms with Gasteiger partial charge in [-0.05, 0) is 35.9 Å². The summed E-state index contributed by atoms with van der Waals surface area (Å²) in [7, 11) is 0. The molecule has 1 saturated heterocycles. The SMILES string of the molecule is O=C(Nc1ccccc1)c1cccc(CN2C(=O)N[C@]3(CCOc4ccccc43)C2=O)c1. The van der Waals surface area contributed by atoms with Crippen LogP contribution in [0.5, 0.6) is 5.75 Å². The van der Waals surface area contributed by atoms with Gasteiger partial charge in [0.2, 0.25) is 0 Å². The number of hydrogen-bond acceptors (Lipinski definition) is 4. The van der Waals surface area contributed by atoms with Crippen LogP contribution >= 0.6 is 0 Å². The van der Waals surface area contributed by atoms with E-state index in [-0.39, 0.29) is 18.4 Å². The summed E-state index contributed by atoms with van der Waals surface area (Å²) in [6.45, 7) is 0.411. The van der Waals surface area contributed by atoms with Crippen LogP contribution in [0, 0.1) is 0 Å². The van der Waals surface area contributed by atoms with E-state index in [1.54, 1.807) is 42.5 Å². The molecule has 3 aromatic carbocycles. The molecule has 2 aliphatic heterocycles. The Hall–Kier alpha value is -4.13. The van der Waals surface area contributed by atoms with Crippen LogP contribution in [0.15, 0.2) is 78.9 Å². The number of hydrogen-bond donors (Lipinski definition) is 2. The Balaban J connectivity index is 1.37. The molecule has 0 unspecified atom stereocenters. The molecule has 0 radical (unpaired) electrons. The Kier molecular flexibility index (Phi) is 4.86. The van der Waals surface area contributed by atoms with Gasteiger partial charge in [0, 0.05) is 23.2 Å². The highest BCUT2D eigenvalue weighted by atomic mass is 16.5. The van der Waals surface area contributed by atoms with Crippen LogP contribution < -0.4 is 15.4 Å². The summed E-state index contributed by atoms with van der Waals surface area (Å²) in [5.74, 6) is 0.0382. The van der Waals surface area contributed by atoms with Crippen molar-refractivity contribution in [1.82, 2.24) is 10.2 Å². The monoisotopic (exact) mass is 427 g/mol. The minimum absolute atomic E-state index is 0.0713. The van der Waals surface area contributed by atoms with Crippen LogP contribution in [0.25, 0.3) is 0 Å². The van der Waals surface area contributed by atoms with Crippen molar-refractivity contribution in [3.63, 3.8) is 0 Å². The van der Waals surface area contributed by atoms with Gasteiger partial charge in [-0.2, -0.15) is 0 Å². The van der Waals surface area contributed by atoms with Crippen molar-refractivity contribution >= 4 is 23.5 Å². The molecule has 2 N–H and O–H groups in total. The lowest BCUT2D eigenvalue weighted by molar-refractivity contribution is -0.133. The Morgan fingerprint density at radius 2 is 1.78 bits per heavy atom. The number of anilines is 1. The molecule has 7 heteroatoms. The van der Waals surface area contributed by atoms with Crippen molar-refractivity contribution in [3.05, 3.63) is 95.6 Å². The molecule has 1 spiro atoms. The van der Waals surface area contributed by atoms with E-state index in [0.717, 1.165) is 0 Å². The minimum Gasteiger partial charge on any atom is -0.493 e. The first-order valence-corrected chi connectivity index (χ1v) is 10.4. The summed E-state index contributed by atoms with van der Waals surface area (Å²) in [4.78, 5) is 40.1. The van der Waals surface area contributed by atoms with E-state index in [0.29, 0.717) is 41.2 Å². The van der Waals surface area contributed by atoms with E-state index in [4.69, 9.17) is 4.74 Å². The van der Waals surface area contributed by atoms with Crippen molar-refractivity contribution in [2.75, 3.05) is 11.9 Å². The number of fused-ring (bicyclic) bond motifs is 2. The number of nitrogens with zero attached hydrogens (tertiary/aromatic N) is 1. The van der Waals surface area contributed by atoms with Crippen molar-refractivity contribution in [2.24, 2.45) is 0 Å². The number of rotatable bonds is 4. The summed E-state index contributed by atoms with van der Waals surface area (Å²) in [6, 6.07) is 22.9. The molecule has 2 heterocycles. The fraction of sp³-hybridized carbons (Fsp3) is 0.160. The number of amides is 4. The van der Waals surface area contributed by atoms with Crippen LogP contribution in [-0.2, 0) is 16.9 Å². The number of benzene rings is 3. The second-order valence-electron chi connectivity index (χ2n) is 7.84. The first-order chi connectivity index (χ1) is 15.6. The zero-order chi connectivity index (χ0) is 22.1. The number of carbonyl (C=O) groups excluding carboxylic acids is 3. The smallest absolute Gasteiger partial charge is 0.325 e. The number of urea groups is 1. The predicted molar refractivity (Wildman–Crippen MR) is 118 cm³/mol. The summed E-state index contributed by atoms with van der Waals surface area (Å²) < 4.78 is 5.67. The molecule has 3 aromatic rings. The van der Waals surface area contributed by atoms with Gasteiger partial charge in [0.1, 0.15) is 5.75 Å². The molecule has 1 atom stereocenters. The average Bonchev–Trinajstić information content (AvgIpc) is 3.05. The normalized spacial score (nSPS) is 19.3.